The fourth-order valence-corrected chi connectivity index (χ4v) is 4.30. The van der Waals surface area contributed by atoms with Crippen LogP contribution in [0.15, 0.2) is 0 Å². The van der Waals surface area contributed by atoms with E-state index < -0.39 is 68.7 Å². The fourth-order valence-electron chi connectivity index (χ4n) is 3.29. The topological polar surface area (TPSA) is 159 Å². The fraction of sp³-hybridized carbons (Fsp3) is 0.808. The van der Waals surface area contributed by atoms with Gasteiger partial charge in [0.1, 0.15) is 24.4 Å². The van der Waals surface area contributed by atoms with Gasteiger partial charge in [-0.1, -0.05) is 20.8 Å². The molecule has 0 spiro atoms. The average molecular weight is 590 g/mol. The van der Waals surface area contributed by atoms with Gasteiger partial charge in [-0.05, 0) is 38.9 Å². The van der Waals surface area contributed by atoms with Gasteiger partial charge in [0, 0.05) is 32.9 Å². The Morgan fingerprint density at radius 1 is 0.925 bits per heavy atom. The van der Waals surface area contributed by atoms with E-state index >= 15 is 0 Å². The maximum absolute atomic E-state index is 13.2. The Kier molecular flexibility index (Phi) is 12.9. The maximum Gasteiger partial charge on any atom is 0.410 e. The highest BCUT2D eigenvalue weighted by Crippen LogP contribution is 2.36. The van der Waals surface area contributed by atoms with Gasteiger partial charge in [0.25, 0.3) is 0 Å². The van der Waals surface area contributed by atoms with E-state index in [0.717, 1.165) is 7.11 Å². The summed E-state index contributed by atoms with van der Waals surface area (Å²) in [7, 11) is -1.19. The summed E-state index contributed by atoms with van der Waals surface area (Å²) in [5, 5.41) is 4.83. The number of methoxy groups -OCH3 is 1. The highest BCUT2D eigenvalue weighted by Gasteiger charge is 2.39. The first kappa shape index (κ1) is 35.2. The number of alkyl carbamates (subject to hydrolysis) is 1. The van der Waals surface area contributed by atoms with Crippen LogP contribution in [0.4, 0.5) is 9.59 Å². The Balaban J connectivity index is 2.90. The minimum absolute atomic E-state index is 0.166. The van der Waals surface area contributed by atoms with Gasteiger partial charge in [0.05, 0.1) is 13.7 Å². The minimum Gasteiger partial charge on any atom is -0.467 e. The normalized spacial score (nSPS) is 16.3. The van der Waals surface area contributed by atoms with Gasteiger partial charge in [0.15, 0.2) is 14.4 Å². The van der Waals surface area contributed by atoms with Crippen molar-refractivity contribution in [3.05, 3.63) is 0 Å². The molecule has 0 aromatic heterocycles. The number of likely N-dealkylation sites (tertiary alicyclic amines) is 1. The third kappa shape index (κ3) is 12.1. The number of hydrogen-bond acceptors (Lipinski definition) is 10. The highest BCUT2D eigenvalue weighted by molar-refractivity contribution is 6.74. The van der Waals surface area contributed by atoms with Gasteiger partial charge in [-0.15, -0.1) is 0 Å². The van der Waals surface area contributed by atoms with Gasteiger partial charge in [-0.3, -0.25) is 9.59 Å². The van der Waals surface area contributed by atoms with Crippen molar-refractivity contribution in [2.75, 3.05) is 33.4 Å². The number of rotatable bonds is 10. The zero-order chi connectivity index (χ0) is 30.9. The van der Waals surface area contributed by atoms with E-state index in [1.165, 1.54) is 6.92 Å². The van der Waals surface area contributed by atoms with Gasteiger partial charge in [-0.25, -0.2) is 14.4 Å². The molecule has 1 aliphatic heterocycles. The third-order valence-corrected chi connectivity index (χ3v) is 11.1. The predicted molar refractivity (Wildman–Crippen MR) is 148 cm³/mol. The summed E-state index contributed by atoms with van der Waals surface area (Å²) in [5.74, 6) is -2.20. The average Bonchev–Trinajstić information content (AvgIpc) is 2.82. The zero-order valence-electron chi connectivity index (χ0n) is 25.5. The summed E-state index contributed by atoms with van der Waals surface area (Å²) in [5.41, 5.74) is -0.614. The molecule has 1 rings (SSSR count). The number of piperidine rings is 1. The molecule has 40 heavy (non-hydrogen) atoms. The zero-order valence-corrected chi connectivity index (χ0v) is 26.5. The van der Waals surface area contributed by atoms with Crippen LogP contribution in [0, 0.1) is 0 Å². The Bertz CT molecular complexity index is 905. The molecule has 230 valence electrons. The van der Waals surface area contributed by atoms with Gasteiger partial charge >= 0.3 is 24.1 Å². The summed E-state index contributed by atoms with van der Waals surface area (Å²) in [6.07, 6.45) is -0.947. The van der Waals surface area contributed by atoms with Crippen LogP contribution in [0.2, 0.25) is 18.1 Å². The van der Waals surface area contributed by atoms with Crippen LogP contribution >= 0.6 is 0 Å². The van der Waals surface area contributed by atoms with Crippen molar-refractivity contribution in [3.63, 3.8) is 0 Å². The summed E-state index contributed by atoms with van der Waals surface area (Å²) < 4.78 is 26.7. The van der Waals surface area contributed by atoms with Crippen LogP contribution in [0.1, 0.15) is 61.3 Å². The van der Waals surface area contributed by atoms with Crippen molar-refractivity contribution in [3.8, 4) is 0 Å². The number of ether oxygens (including phenoxy) is 4. The summed E-state index contributed by atoms with van der Waals surface area (Å²) in [6.45, 7) is 16.7. The monoisotopic (exact) mass is 589 g/mol. The SMILES string of the molecule is COC(=O)[C@H](COC(C)=O)NC(=O)[C@H](CO[Si](C)(C)C(C)(C)C)NC(=O)OC1CCN(C(=O)OC(C)(C)C)CC1. The summed E-state index contributed by atoms with van der Waals surface area (Å²) in [4.78, 5) is 63.3. The van der Waals surface area contributed by atoms with E-state index in [-0.39, 0.29) is 11.6 Å². The van der Waals surface area contributed by atoms with Crippen molar-refractivity contribution in [1.82, 2.24) is 15.5 Å². The molecule has 13 nitrogen and oxygen atoms in total. The number of amides is 3. The van der Waals surface area contributed by atoms with E-state index in [4.69, 9.17) is 23.4 Å². The van der Waals surface area contributed by atoms with E-state index in [1.54, 1.807) is 25.7 Å². The number of carbonyl (C=O) groups is 5. The first-order valence-electron chi connectivity index (χ1n) is 13.4. The van der Waals surface area contributed by atoms with Crippen molar-refractivity contribution < 1.29 is 47.3 Å². The molecule has 14 heteroatoms. The summed E-state index contributed by atoms with van der Waals surface area (Å²) >= 11 is 0. The predicted octanol–water partition coefficient (Wildman–Crippen LogP) is 2.72. The lowest BCUT2D eigenvalue weighted by Crippen LogP contribution is -2.56. The molecule has 0 unspecified atom stereocenters. The van der Waals surface area contributed by atoms with E-state index in [9.17, 15) is 24.0 Å². The van der Waals surface area contributed by atoms with Crippen LogP contribution in [-0.2, 0) is 37.8 Å². The maximum atomic E-state index is 13.2. The molecule has 0 aromatic carbocycles. The molecule has 0 aliphatic carbocycles. The Hall–Kier alpha value is -2.87. The van der Waals surface area contributed by atoms with Crippen molar-refractivity contribution in [1.29, 1.82) is 0 Å². The van der Waals surface area contributed by atoms with Crippen molar-refractivity contribution >= 4 is 38.3 Å². The van der Waals surface area contributed by atoms with Crippen LogP contribution in [-0.4, -0.2) is 100 Å². The first-order chi connectivity index (χ1) is 18.3. The van der Waals surface area contributed by atoms with Crippen molar-refractivity contribution in [2.45, 2.75) is 103 Å². The highest BCUT2D eigenvalue weighted by atomic mass is 28.4. The second-order valence-corrected chi connectivity index (χ2v) is 17.0. The second kappa shape index (κ2) is 14.7. The molecule has 2 N–H and O–H groups in total. The molecule has 1 fully saturated rings. The van der Waals surface area contributed by atoms with E-state index in [1.807, 2.05) is 33.9 Å². The molecular formula is C26H47N3O10Si. The molecule has 0 aromatic rings. The summed E-state index contributed by atoms with van der Waals surface area (Å²) in [6, 6.07) is -2.50. The standard InChI is InChI=1S/C26H47N3O10Si/c1-17(30)36-15-20(22(32)35-8)27-21(31)19(16-37-40(9,10)26(5,6)7)28-23(33)38-18-11-13-29(14-12-18)24(34)39-25(2,3)4/h18-20H,11-16H2,1-10H3,(H,27,31)(H,28,33)/t19-,20-/m0/s1. The van der Waals surface area contributed by atoms with Crippen LogP contribution in [0.5, 0.6) is 0 Å². The van der Waals surface area contributed by atoms with Crippen molar-refractivity contribution in [2.24, 2.45) is 0 Å². The molecular weight excluding hydrogens is 542 g/mol. The van der Waals surface area contributed by atoms with Gasteiger partial charge < -0.3 is 38.9 Å². The Morgan fingerprint density at radius 2 is 1.50 bits per heavy atom. The molecule has 0 saturated carbocycles. The van der Waals surface area contributed by atoms with E-state index in [2.05, 4.69) is 10.6 Å². The van der Waals surface area contributed by atoms with Gasteiger partial charge in [0.2, 0.25) is 5.91 Å². The lowest BCUT2D eigenvalue weighted by Gasteiger charge is -2.37. The molecule has 3 amide bonds. The third-order valence-electron chi connectivity index (χ3n) is 6.65. The Morgan fingerprint density at radius 3 is 1.98 bits per heavy atom. The van der Waals surface area contributed by atoms with Crippen LogP contribution in [0.25, 0.3) is 0 Å². The van der Waals surface area contributed by atoms with Gasteiger partial charge in [-0.2, -0.15) is 0 Å². The number of nitrogens with one attached hydrogen (secondary N) is 2. The number of carbonyl (C=O) groups excluding carboxylic acids is 5. The first-order valence-corrected chi connectivity index (χ1v) is 16.3. The number of hydrogen-bond donors (Lipinski definition) is 2. The quantitative estimate of drug-likeness (QED) is 0.220. The number of nitrogens with zero attached hydrogens (tertiary/aromatic N) is 1. The molecule has 1 saturated heterocycles. The van der Waals surface area contributed by atoms with Crippen LogP contribution in [0.3, 0.4) is 0 Å². The van der Waals surface area contributed by atoms with E-state index in [0.29, 0.717) is 25.9 Å². The lowest BCUT2D eigenvalue weighted by molar-refractivity contribution is -0.151. The largest absolute Gasteiger partial charge is 0.467 e. The Labute approximate surface area is 238 Å². The molecule has 1 aliphatic rings. The molecule has 0 bridgehead atoms. The molecule has 0 radical (unpaired) electrons. The number of esters is 2. The smallest absolute Gasteiger partial charge is 0.410 e. The van der Waals surface area contributed by atoms with Crippen LogP contribution < -0.4 is 10.6 Å². The lowest BCUT2D eigenvalue weighted by atomic mass is 10.1. The molecule has 1 heterocycles. The minimum atomic E-state index is -2.32. The second-order valence-electron chi connectivity index (χ2n) is 12.2. The molecule has 2 atom stereocenters.